The third kappa shape index (κ3) is 2.49. The summed E-state index contributed by atoms with van der Waals surface area (Å²) in [6, 6.07) is 16.6. The summed E-state index contributed by atoms with van der Waals surface area (Å²) in [5.41, 5.74) is 1.00. The lowest BCUT2D eigenvalue weighted by atomic mass is 9.89. The van der Waals surface area contributed by atoms with Gasteiger partial charge in [-0.1, -0.05) is 25.1 Å². The van der Waals surface area contributed by atoms with Crippen molar-refractivity contribution in [1.29, 1.82) is 0 Å². The van der Waals surface area contributed by atoms with Crippen molar-refractivity contribution in [2.24, 2.45) is 0 Å². The van der Waals surface area contributed by atoms with E-state index < -0.39 is 5.60 Å². The zero-order chi connectivity index (χ0) is 15.4. The lowest BCUT2D eigenvalue weighted by Crippen LogP contribution is -2.32. The smallest absolute Gasteiger partial charge is 0.191 e. The number of aromatic nitrogens is 3. The van der Waals surface area contributed by atoms with Crippen LogP contribution in [-0.4, -0.2) is 20.1 Å². The van der Waals surface area contributed by atoms with Crippen molar-refractivity contribution in [2.45, 2.75) is 18.9 Å². The molecule has 4 nitrogen and oxygen atoms in total. The van der Waals surface area contributed by atoms with Crippen molar-refractivity contribution in [2.75, 3.05) is 0 Å². The largest absolute Gasteiger partial charge is 0.372 e. The maximum absolute atomic E-state index is 11.5. The van der Waals surface area contributed by atoms with Crippen LogP contribution < -0.4 is 0 Å². The summed E-state index contributed by atoms with van der Waals surface area (Å²) in [6.45, 7) is 2.03. The molecule has 0 fully saturated rings. The minimum atomic E-state index is -1.46. The van der Waals surface area contributed by atoms with Gasteiger partial charge in [-0.05, 0) is 42.8 Å². The maximum atomic E-state index is 11.5. The number of hydrogen-bond donors (Lipinski definition) is 1. The first-order valence-electron chi connectivity index (χ1n) is 7.27. The van der Waals surface area contributed by atoms with E-state index in [1.54, 1.807) is 24.5 Å². The molecule has 0 aromatic carbocycles. The Bertz CT molecular complexity index is 705. The molecule has 0 aliphatic heterocycles. The highest BCUT2D eigenvalue weighted by molar-refractivity contribution is 5.38. The Balaban J connectivity index is 2.23. The normalized spacial score (nSPS) is 11.4. The van der Waals surface area contributed by atoms with Crippen LogP contribution in [0.25, 0.3) is 0 Å². The van der Waals surface area contributed by atoms with Gasteiger partial charge in [-0.3, -0.25) is 15.0 Å². The number of aliphatic hydroxyl groups is 1. The molecule has 0 aliphatic rings. The fourth-order valence-electron chi connectivity index (χ4n) is 2.43. The molecule has 0 spiro atoms. The molecule has 22 heavy (non-hydrogen) atoms. The van der Waals surface area contributed by atoms with Crippen LogP contribution in [0.5, 0.6) is 0 Å². The monoisotopic (exact) mass is 291 g/mol. The van der Waals surface area contributed by atoms with E-state index in [0.29, 0.717) is 17.1 Å². The van der Waals surface area contributed by atoms with Crippen molar-refractivity contribution < 1.29 is 5.11 Å². The second-order valence-electron chi connectivity index (χ2n) is 5.01. The van der Waals surface area contributed by atoms with Crippen LogP contribution in [0.15, 0.2) is 67.0 Å². The SMILES string of the molecule is CCc1cccc(C(O)(c2ccccn2)c2ccccn2)n1. The lowest BCUT2D eigenvalue weighted by molar-refractivity contribution is 0.111. The molecule has 3 aromatic rings. The Morgan fingerprint density at radius 1 is 0.818 bits per heavy atom. The van der Waals surface area contributed by atoms with Gasteiger partial charge in [-0.15, -0.1) is 0 Å². The Morgan fingerprint density at radius 3 is 1.91 bits per heavy atom. The van der Waals surface area contributed by atoms with Crippen LogP contribution in [0.1, 0.15) is 29.7 Å². The Hall–Kier alpha value is -2.59. The van der Waals surface area contributed by atoms with Gasteiger partial charge in [0, 0.05) is 18.1 Å². The molecule has 4 heteroatoms. The van der Waals surface area contributed by atoms with Gasteiger partial charge in [-0.25, -0.2) is 0 Å². The van der Waals surface area contributed by atoms with E-state index in [1.165, 1.54) is 0 Å². The van der Waals surface area contributed by atoms with Crippen LogP contribution in [0.3, 0.4) is 0 Å². The molecule has 1 N–H and O–H groups in total. The first kappa shape index (κ1) is 14.4. The molecule has 0 amide bonds. The summed E-state index contributed by atoms with van der Waals surface area (Å²) in [4.78, 5) is 13.2. The average molecular weight is 291 g/mol. The first-order chi connectivity index (χ1) is 10.7. The highest BCUT2D eigenvalue weighted by Gasteiger charge is 2.38. The summed E-state index contributed by atoms with van der Waals surface area (Å²) in [7, 11) is 0. The summed E-state index contributed by atoms with van der Waals surface area (Å²) in [5.74, 6) is 0. The van der Waals surface area contributed by atoms with E-state index in [1.807, 2.05) is 49.4 Å². The second kappa shape index (κ2) is 6.03. The van der Waals surface area contributed by atoms with E-state index >= 15 is 0 Å². The van der Waals surface area contributed by atoms with Gasteiger partial charge < -0.3 is 5.11 Å². The topological polar surface area (TPSA) is 58.9 Å². The van der Waals surface area contributed by atoms with Gasteiger partial charge >= 0.3 is 0 Å². The quantitative estimate of drug-likeness (QED) is 0.803. The Morgan fingerprint density at radius 2 is 1.41 bits per heavy atom. The maximum Gasteiger partial charge on any atom is 0.191 e. The molecule has 0 atom stereocenters. The van der Waals surface area contributed by atoms with Gasteiger partial charge in [0.2, 0.25) is 0 Å². The van der Waals surface area contributed by atoms with E-state index in [-0.39, 0.29) is 0 Å². The van der Waals surface area contributed by atoms with Crippen molar-refractivity contribution >= 4 is 0 Å². The first-order valence-corrected chi connectivity index (χ1v) is 7.27. The molecule has 0 aliphatic carbocycles. The third-order valence-electron chi connectivity index (χ3n) is 3.61. The molecular formula is C18H17N3O. The number of nitrogens with zero attached hydrogens (tertiary/aromatic N) is 3. The highest BCUT2D eigenvalue weighted by Crippen LogP contribution is 2.33. The fourth-order valence-corrected chi connectivity index (χ4v) is 2.43. The molecule has 0 saturated carbocycles. The molecule has 3 aromatic heterocycles. The minimum Gasteiger partial charge on any atom is -0.372 e. The number of aryl methyl sites for hydroxylation is 1. The zero-order valence-electron chi connectivity index (χ0n) is 12.3. The van der Waals surface area contributed by atoms with Crippen LogP contribution in [0.4, 0.5) is 0 Å². The van der Waals surface area contributed by atoms with Gasteiger partial charge in [0.15, 0.2) is 5.60 Å². The predicted molar refractivity (Wildman–Crippen MR) is 84.2 cm³/mol. The van der Waals surface area contributed by atoms with Crippen molar-refractivity contribution in [3.63, 3.8) is 0 Å². The number of hydrogen-bond acceptors (Lipinski definition) is 4. The summed E-state index contributed by atoms with van der Waals surface area (Å²) < 4.78 is 0. The van der Waals surface area contributed by atoms with Gasteiger partial charge in [0.1, 0.15) is 0 Å². The van der Waals surface area contributed by atoms with E-state index in [4.69, 9.17) is 0 Å². The zero-order valence-corrected chi connectivity index (χ0v) is 12.3. The van der Waals surface area contributed by atoms with Crippen LogP contribution >= 0.6 is 0 Å². The van der Waals surface area contributed by atoms with Gasteiger partial charge in [0.05, 0.1) is 17.1 Å². The van der Waals surface area contributed by atoms with Crippen molar-refractivity contribution in [1.82, 2.24) is 15.0 Å². The fraction of sp³-hybridized carbons (Fsp3) is 0.167. The van der Waals surface area contributed by atoms with Crippen molar-refractivity contribution in [3.05, 3.63) is 89.8 Å². The molecule has 0 saturated heterocycles. The van der Waals surface area contributed by atoms with E-state index in [9.17, 15) is 5.11 Å². The summed E-state index contributed by atoms with van der Waals surface area (Å²) in [6.07, 6.45) is 4.12. The van der Waals surface area contributed by atoms with Crippen LogP contribution in [0.2, 0.25) is 0 Å². The van der Waals surface area contributed by atoms with Gasteiger partial charge in [-0.2, -0.15) is 0 Å². The molecule has 110 valence electrons. The second-order valence-corrected chi connectivity index (χ2v) is 5.01. The summed E-state index contributed by atoms with van der Waals surface area (Å²) in [5, 5.41) is 11.5. The van der Waals surface area contributed by atoms with E-state index in [2.05, 4.69) is 15.0 Å². The van der Waals surface area contributed by atoms with Crippen molar-refractivity contribution in [3.8, 4) is 0 Å². The lowest BCUT2D eigenvalue weighted by Gasteiger charge is -2.26. The predicted octanol–water partition coefficient (Wildman–Crippen LogP) is 2.72. The summed E-state index contributed by atoms with van der Waals surface area (Å²) >= 11 is 0. The molecule has 3 heterocycles. The average Bonchev–Trinajstić information content (AvgIpc) is 2.62. The van der Waals surface area contributed by atoms with Crippen LogP contribution in [-0.2, 0) is 12.0 Å². The third-order valence-corrected chi connectivity index (χ3v) is 3.61. The van der Waals surface area contributed by atoms with Gasteiger partial charge in [0.25, 0.3) is 0 Å². The molecule has 0 bridgehead atoms. The van der Waals surface area contributed by atoms with Crippen LogP contribution in [0, 0.1) is 0 Å². The Kier molecular flexibility index (Phi) is 3.94. The number of rotatable bonds is 4. The minimum absolute atomic E-state index is 0.509. The standard InChI is InChI=1S/C18H17N3O/c1-2-14-8-7-11-17(21-14)18(22,15-9-3-5-12-19-15)16-10-4-6-13-20-16/h3-13,22H,2H2,1H3. The molecule has 0 radical (unpaired) electrons. The molecule has 3 rings (SSSR count). The number of pyridine rings is 3. The molecule has 0 unspecified atom stereocenters. The highest BCUT2D eigenvalue weighted by atomic mass is 16.3. The Labute approximate surface area is 129 Å². The molecular weight excluding hydrogens is 274 g/mol. The van der Waals surface area contributed by atoms with E-state index in [0.717, 1.165) is 12.1 Å².